The molecule has 68 valence electrons. The first-order valence-corrected chi connectivity index (χ1v) is 3.85. The third-order valence-corrected chi connectivity index (χ3v) is 1.84. The lowest BCUT2D eigenvalue weighted by atomic mass is 10.0. The number of aryl methyl sites for hydroxylation is 1. The maximum atomic E-state index is 13.1. The fourth-order valence-electron chi connectivity index (χ4n) is 1.08. The molecule has 2 nitrogen and oxygen atoms in total. The van der Waals surface area contributed by atoms with Gasteiger partial charge in [-0.05, 0) is 42.3 Å². The Balaban J connectivity index is 3.41. The van der Waals surface area contributed by atoms with E-state index < -0.39 is 0 Å². The SMILES string of the molecule is C=C(C)c1cc(F)c(C)cc1N=O. The van der Waals surface area contributed by atoms with Gasteiger partial charge in [-0.2, -0.15) is 0 Å². The van der Waals surface area contributed by atoms with Crippen LogP contribution in [-0.2, 0) is 0 Å². The van der Waals surface area contributed by atoms with Gasteiger partial charge >= 0.3 is 0 Å². The maximum Gasteiger partial charge on any atom is 0.126 e. The number of nitroso groups, excluding NO2 is 1. The minimum Gasteiger partial charge on any atom is -0.207 e. The first kappa shape index (κ1) is 9.58. The van der Waals surface area contributed by atoms with Gasteiger partial charge in [0.2, 0.25) is 0 Å². The molecule has 0 heterocycles. The molecule has 0 saturated heterocycles. The Morgan fingerprint density at radius 3 is 2.62 bits per heavy atom. The van der Waals surface area contributed by atoms with E-state index in [9.17, 15) is 9.30 Å². The molecular formula is C10H10FNO. The smallest absolute Gasteiger partial charge is 0.126 e. The van der Waals surface area contributed by atoms with Gasteiger partial charge in [-0.15, -0.1) is 4.91 Å². The highest BCUT2D eigenvalue weighted by atomic mass is 19.1. The zero-order valence-electron chi connectivity index (χ0n) is 7.60. The van der Waals surface area contributed by atoms with Gasteiger partial charge in [-0.1, -0.05) is 6.58 Å². The molecule has 0 fully saturated rings. The normalized spacial score (nSPS) is 9.77. The standard InChI is InChI=1S/C10H10FNO/c1-6(2)8-5-9(11)7(3)4-10(8)12-13/h4-5H,1H2,2-3H3. The summed E-state index contributed by atoms with van der Waals surface area (Å²) in [5.41, 5.74) is 1.76. The van der Waals surface area contributed by atoms with E-state index in [2.05, 4.69) is 11.8 Å². The van der Waals surface area contributed by atoms with Crippen molar-refractivity contribution >= 4 is 11.3 Å². The van der Waals surface area contributed by atoms with E-state index in [0.717, 1.165) is 0 Å². The third kappa shape index (κ3) is 1.80. The van der Waals surface area contributed by atoms with Gasteiger partial charge in [0.1, 0.15) is 11.5 Å². The van der Waals surface area contributed by atoms with Crippen molar-refractivity contribution in [2.24, 2.45) is 5.18 Å². The van der Waals surface area contributed by atoms with E-state index in [4.69, 9.17) is 0 Å². The lowest BCUT2D eigenvalue weighted by Crippen LogP contribution is -1.86. The fourth-order valence-corrected chi connectivity index (χ4v) is 1.08. The van der Waals surface area contributed by atoms with Gasteiger partial charge in [-0.25, -0.2) is 4.39 Å². The molecule has 0 N–H and O–H groups in total. The van der Waals surface area contributed by atoms with Crippen molar-refractivity contribution < 1.29 is 4.39 Å². The maximum absolute atomic E-state index is 13.1. The summed E-state index contributed by atoms with van der Waals surface area (Å²) >= 11 is 0. The van der Waals surface area contributed by atoms with Crippen LogP contribution in [0.25, 0.3) is 5.57 Å². The number of nitrogens with zero attached hydrogens (tertiary/aromatic N) is 1. The van der Waals surface area contributed by atoms with Gasteiger partial charge in [0.15, 0.2) is 0 Å². The second kappa shape index (κ2) is 3.47. The largest absolute Gasteiger partial charge is 0.207 e. The number of hydrogen-bond acceptors (Lipinski definition) is 2. The van der Waals surface area contributed by atoms with E-state index >= 15 is 0 Å². The predicted octanol–water partition coefficient (Wildman–Crippen LogP) is 3.57. The number of allylic oxidation sites excluding steroid dienone is 1. The molecule has 0 aromatic heterocycles. The molecule has 0 spiro atoms. The second-order valence-corrected chi connectivity index (χ2v) is 2.99. The first-order valence-electron chi connectivity index (χ1n) is 3.85. The Hall–Kier alpha value is -1.51. The van der Waals surface area contributed by atoms with Crippen molar-refractivity contribution in [3.05, 3.63) is 40.6 Å². The molecule has 0 bridgehead atoms. The summed E-state index contributed by atoms with van der Waals surface area (Å²) in [6.45, 7) is 6.94. The number of rotatable bonds is 2. The van der Waals surface area contributed by atoms with E-state index in [1.807, 2.05) is 0 Å². The summed E-state index contributed by atoms with van der Waals surface area (Å²) in [5, 5.41) is 2.82. The van der Waals surface area contributed by atoms with Crippen molar-refractivity contribution in [2.75, 3.05) is 0 Å². The van der Waals surface area contributed by atoms with Crippen LogP contribution in [0.3, 0.4) is 0 Å². The van der Waals surface area contributed by atoms with E-state index in [-0.39, 0.29) is 11.5 Å². The van der Waals surface area contributed by atoms with Crippen LogP contribution < -0.4 is 0 Å². The lowest BCUT2D eigenvalue weighted by molar-refractivity contribution is 0.618. The van der Waals surface area contributed by atoms with Crippen LogP contribution in [0, 0.1) is 17.6 Å². The van der Waals surface area contributed by atoms with Crippen LogP contribution in [0.5, 0.6) is 0 Å². The van der Waals surface area contributed by atoms with Gasteiger partial charge in [0.25, 0.3) is 0 Å². The van der Waals surface area contributed by atoms with Crippen LogP contribution in [0.2, 0.25) is 0 Å². The van der Waals surface area contributed by atoms with Gasteiger partial charge in [-0.3, -0.25) is 0 Å². The second-order valence-electron chi connectivity index (χ2n) is 2.99. The Labute approximate surface area is 76.1 Å². The quantitative estimate of drug-likeness (QED) is 0.638. The van der Waals surface area contributed by atoms with Crippen molar-refractivity contribution in [3.8, 4) is 0 Å². The Kier molecular flexibility index (Phi) is 2.56. The summed E-state index contributed by atoms with van der Waals surface area (Å²) in [4.78, 5) is 10.4. The molecule has 0 aliphatic carbocycles. The molecule has 0 aliphatic rings. The summed E-state index contributed by atoms with van der Waals surface area (Å²) in [5.74, 6) is -0.342. The molecule has 0 saturated carbocycles. The highest BCUT2D eigenvalue weighted by Gasteiger charge is 2.07. The van der Waals surface area contributed by atoms with E-state index in [1.54, 1.807) is 13.8 Å². The van der Waals surface area contributed by atoms with E-state index in [1.165, 1.54) is 12.1 Å². The Morgan fingerprint density at radius 1 is 1.54 bits per heavy atom. The average Bonchev–Trinajstić information content (AvgIpc) is 2.08. The number of halogens is 1. The summed E-state index contributed by atoms with van der Waals surface area (Å²) in [7, 11) is 0. The van der Waals surface area contributed by atoms with Gasteiger partial charge in [0, 0.05) is 5.56 Å². The third-order valence-electron chi connectivity index (χ3n) is 1.84. The Bertz CT molecular complexity index is 371. The molecule has 1 rings (SSSR count). The Morgan fingerprint density at radius 2 is 2.15 bits per heavy atom. The van der Waals surface area contributed by atoms with Gasteiger partial charge < -0.3 is 0 Å². The van der Waals surface area contributed by atoms with Crippen molar-refractivity contribution in [2.45, 2.75) is 13.8 Å². The van der Waals surface area contributed by atoms with Crippen molar-refractivity contribution in [3.63, 3.8) is 0 Å². The zero-order chi connectivity index (χ0) is 10.0. The minimum absolute atomic E-state index is 0.242. The van der Waals surface area contributed by atoms with Crippen LogP contribution in [0.4, 0.5) is 10.1 Å². The van der Waals surface area contributed by atoms with E-state index in [0.29, 0.717) is 16.7 Å². The van der Waals surface area contributed by atoms with Crippen molar-refractivity contribution in [1.29, 1.82) is 0 Å². The predicted molar refractivity (Wildman–Crippen MR) is 51.3 cm³/mol. The molecule has 0 amide bonds. The molecule has 0 aliphatic heterocycles. The molecule has 0 atom stereocenters. The molecule has 13 heavy (non-hydrogen) atoms. The average molecular weight is 179 g/mol. The first-order chi connectivity index (χ1) is 6.06. The highest BCUT2D eigenvalue weighted by molar-refractivity contribution is 5.72. The number of hydrogen-bond donors (Lipinski definition) is 0. The summed E-state index contributed by atoms with van der Waals surface area (Å²) in [6.07, 6.45) is 0. The molecule has 0 unspecified atom stereocenters. The molecule has 3 heteroatoms. The molecule has 1 aromatic carbocycles. The van der Waals surface area contributed by atoms with Crippen LogP contribution >= 0.6 is 0 Å². The molecular weight excluding hydrogens is 169 g/mol. The monoisotopic (exact) mass is 179 g/mol. The summed E-state index contributed by atoms with van der Waals surface area (Å²) < 4.78 is 13.1. The summed E-state index contributed by atoms with van der Waals surface area (Å²) in [6, 6.07) is 2.71. The van der Waals surface area contributed by atoms with Crippen molar-refractivity contribution in [1.82, 2.24) is 0 Å². The minimum atomic E-state index is -0.342. The van der Waals surface area contributed by atoms with Crippen LogP contribution in [-0.4, -0.2) is 0 Å². The zero-order valence-corrected chi connectivity index (χ0v) is 7.60. The van der Waals surface area contributed by atoms with Gasteiger partial charge in [0.05, 0.1) is 0 Å². The topological polar surface area (TPSA) is 29.4 Å². The van der Waals surface area contributed by atoms with Crippen LogP contribution in [0.15, 0.2) is 23.9 Å². The highest BCUT2D eigenvalue weighted by Crippen LogP contribution is 2.27. The molecule has 0 radical (unpaired) electrons. The lowest BCUT2D eigenvalue weighted by Gasteiger charge is -2.04. The number of benzene rings is 1. The van der Waals surface area contributed by atoms with Crippen LogP contribution in [0.1, 0.15) is 18.1 Å². The molecule has 1 aromatic rings. The fraction of sp³-hybridized carbons (Fsp3) is 0.200.